The lowest BCUT2D eigenvalue weighted by atomic mass is 10.0. The lowest BCUT2D eigenvalue weighted by molar-refractivity contribution is -0.00178. The highest BCUT2D eigenvalue weighted by Gasteiger charge is 2.21. The topological polar surface area (TPSA) is 39.6 Å². The van der Waals surface area contributed by atoms with Crippen LogP contribution >= 0.6 is 0 Å². The molecule has 0 aromatic heterocycles. The third-order valence-electron chi connectivity index (χ3n) is 3.57. The molecule has 3 nitrogen and oxygen atoms in total. The summed E-state index contributed by atoms with van der Waals surface area (Å²) in [6, 6.07) is 11.1. The fourth-order valence-corrected chi connectivity index (χ4v) is 2.47. The number of hydrogen-bond acceptors (Lipinski definition) is 1. The molecule has 0 amide bonds. The number of likely N-dealkylation sites (N-methyl/N-ethyl adjacent to an activating group) is 1. The molecule has 0 aliphatic heterocycles. The Morgan fingerprint density at radius 3 is 2.37 bits per heavy atom. The molecule has 0 fully saturated rings. The highest BCUT2D eigenvalue weighted by atomic mass is 15.2. The predicted molar refractivity (Wildman–Crippen MR) is 77.9 cm³/mol. The van der Waals surface area contributed by atoms with E-state index in [0.29, 0.717) is 11.8 Å². The summed E-state index contributed by atoms with van der Waals surface area (Å²) >= 11 is 0. The molecule has 1 aromatic carbocycles. The fraction of sp³-hybridized carbons (Fsp3) is 0.312. The van der Waals surface area contributed by atoms with Crippen molar-refractivity contribution in [1.82, 2.24) is 4.90 Å². The zero-order chi connectivity index (χ0) is 13.7. The van der Waals surface area contributed by atoms with Crippen LogP contribution in [-0.4, -0.2) is 28.0 Å². The molecule has 19 heavy (non-hydrogen) atoms. The van der Waals surface area contributed by atoms with Crippen LogP contribution in [0.15, 0.2) is 54.6 Å². The van der Waals surface area contributed by atoms with Gasteiger partial charge in [-0.05, 0) is 19.0 Å². The van der Waals surface area contributed by atoms with Gasteiger partial charge >= 0.3 is 5.71 Å². The van der Waals surface area contributed by atoms with E-state index in [-0.39, 0.29) is 6.04 Å². The number of allylic oxidation sites excluding steroid dienone is 2. The minimum absolute atomic E-state index is 0.241. The Bertz CT molecular complexity index is 508. The molecule has 98 valence electrons. The molecule has 0 saturated carbocycles. The molecule has 3 heteroatoms. The van der Waals surface area contributed by atoms with Crippen molar-refractivity contribution in [2.24, 2.45) is 0 Å². The van der Waals surface area contributed by atoms with Crippen molar-refractivity contribution in [3.63, 3.8) is 0 Å². The molecule has 2 rings (SSSR count). The van der Waals surface area contributed by atoms with Crippen molar-refractivity contribution >= 4 is 5.71 Å². The van der Waals surface area contributed by atoms with Crippen LogP contribution in [0.5, 0.6) is 0 Å². The third kappa shape index (κ3) is 3.08. The van der Waals surface area contributed by atoms with Crippen LogP contribution in [0, 0.1) is 0 Å². The molecule has 1 aromatic rings. The van der Waals surface area contributed by atoms with Gasteiger partial charge in [0.1, 0.15) is 0 Å². The first kappa shape index (κ1) is 13.5. The summed E-state index contributed by atoms with van der Waals surface area (Å²) < 4.78 is 0. The monoisotopic (exact) mass is 253 g/mol. The Morgan fingerprint density at radius 2 is 1.84 bits per heavy atom. The number of hydrogen-bond donors (Lipinski definition) is 0. The van der Waals surface area contributed by atoms with Crippen LogP contribution in [0.4, 0.5) is 0 Å². The maximum Gasteiger partial charge on any atom is 0.314 e. The first-order valence-corrected chi connectivity index (χ1v) is 6.65. The van der Waals surface area contributed by atoms with E-state index in [0.717, 1.165) is 6.54 Å². The van der Waals surface area contributed by atoms with Crippen molar-refractivity contribution in [3.8, 4) is 0 Å². The highest BCUT2D eigenvalue weighted by Crippen LogP contribution is 2.23. The second kappa shape index (κ2) is 6.28. The van der Waals surface area contributed by atoms with Crippen molar-refractivity contribution in [2.75, 3.05) is 6.54 Å². The summed E-state index contributed by atoms with van der Waals surface area (Å²) in [4.78, 5) is 5.59. The number of nitrogens with zero attached hydrogens (tertiary/aromatic N) is 3. The maximum atomic E-state index is 8.73. The molecule has 0 N–H and O–H groups in total. The van der Waals surface area contributed by atoms with E-state index < -0.39 is 0 Å². The van der Waals surface area contributed by atoms with Gasteiger partial charge in [-0.2, -0.15) is 4.79 Å². The number of benzene rings is 1. The molecule has 0 saturated heterocycles. The van der Waals surface area contributed by atoms with Gasteiger partial charge in [0.2, 0.25) is 0 Å². The third-order valence-corrected chi connectivity index (χ3v) is 3.57. The molecule has 0 radical (unpaired) electrons. The van der Waals surface area contributed by atoms with E-state index in [4.69, 9.17) is 5.53 Å². The summed E-state index contributed by atoms with van der Waals surface area (Å²) in [5.74, 6) is 0. The van der Waals surface area contributed by atoms with Gasteiger partial charge in [-0.3, -0.25) is 4.90 Å². The van der Waals surface area contributed by atoms with Crippen molar-refractivity contribution in [3.05, 3.63) is 65.7 Å². The Morgan fingerprint density at radius 1 is 1.21 bits per heavy atom. The largest absolute Gasteiger partial charge is 0.361 e. The Balaban J connectivity index is 2.17. The molecule has 0 heterocycles. The van der Waals surface area contributed by atoms with E-state index in [1.165, 1.54) is 5.56 Å². The zero-order valence-corrected chi connectivity index (χ0v) is 11.4. The summed E-state index contributed by atoms with van der Waals surface area (Å²) in [5, 5.41) is 0. The van der Waals surface area contributed by atoms with Crippen LogP contribution in [0.1, 0.15) is 25.5 Å². The van der Waals surface area contributed by atoms with Gasteiger partial charge in [-0.15, -0.1) is 0 Å². The van der Waals surface area contributed by atoms with Crippen LogP contribution in [0.3, 0.4) is 0 Å². The van der Waals surface area contributed by atoms with Crippen molar-refractivity contribution in [1.29, 1.82) is 0 Å². The van der Waals surface area contributed by atoms with Gasteiger partial charge in [0, 0.05) is 24.2 Å². The molecular weight excluding hydrogens is 234 g/mol. The van der Waals surface area contributed by atoms with E-state index in [1.54, 1.807) is 0 Å². The van der Waals surface area contributed by atoms with Crippen molar-refractivity contribution < 1.29 is 4.79 Å². The molecule has 1 atom stereocenters. The standard InChI is InChI=1S/C16H19N3/c1-3-19(13(2)14-7-5-4-6-8-14)16-11-9-15(18-17)10-12-16/h4-13,16H,3H2,1-2H3. The Labute approximate surface area is 114 Å². The second-order valence-electron chi connectivity index (χ2n) is 4.65. The van der Waals surface area contributed by atoms with Gasteiger partial charge < -0.3 is 5.53 Å². The summed E-state index contributed by atoms with van der Waals surface area (Å²) in [6.07, 6.45) is 7.84. The van der Waals surface area contributed by atoms with Gasteiger partial charge in [-0.1, -0.05) is 49.4 Å². The quantitative estimate of drug-likeness (QED) is 0.600. The summed E-state index contributed by atoms with van der Waals surface area (Å²) in [7, 11) is 0. The molecule has 1 aliphatic carbocycles. The molecule has 1 aliphatic rings. The van der Waals surface area contributed by atoms with Gasteiger partial charge in [0.25, 0.3) is 0 Å². The maximum absolute atomic E-state index is 8.73. The van der Waals surface area contributed by atoms with Crippen LogP contribution < -0.4 is 0 Å². The molecule has 0 spiro atoms. The predicted octanol–water partition coefficient (Wildman–Crippen LogP) is 3.23. The normalized spacial score (nSPS) is 19.5. The van der Waals surface area contributed by atoms with Gasteiger partial charge in [0.05, 0.1) is 0 Å². The van der Waals surface area contributed by atoms with Gasteiger partial charge in [-0.25, -0.2) is 0 Å². The lowest BCUT2D eigenvalue weighted by Crippen LogP contribution is -2.35. The fourth-order valence-electron chi connectivity index (χ4n) is 2.47. The van der Waals surface area contributed by atoms with Crippen LogP contribution in [0.25, 0.3) is 5.53 Å². The average molecular weight is 253 g/mol. The van der Waals surface area contributed by atoms with Crippen molar-refractivity contribution in [2.45, 2.75) is 25.9 Å². The van der Waals surface area contributed by atoms with E-state index in [1.807, 2.05) is 18.2 Å². The molecular formula is C16H19N3. The zero-order valence-electron chi connectivity index (χ0n) is 11.4. The average Bonchev–Trinajstić information content (AvgIpc) is 2.49. The smallest absolute Gasteiger partial charge is 0.314 e. The summed E-state index contributed by atoms with van der Waals surface area (Å²) in [5.41, 5.74) is 10.6. The highest BCUT2D eigenvalue weighted by molar-refractivity contribution is 6.00. The Kier molecular flexibility index (Phi) is 4.45. The van der Waals surface area contributed by atoms with Gasteiger partial charge in [0.15, 0.2) is 0 Å². The minimum Gasteiger partial charge on any atom is -0.361 e. The van der Waals surface area contributed by atoms with E-state index in [9.17, 15) is 0 Å². The second-order valence-corrected chi connectivity index (χ2v) is 4.65. The minimum atomic E-state index is 0.241. The van der Waals surface area contributed by atoms with E-state index >= 15 is 0 Å². The SMILES string of the molecule is CCN(C1C=CC(=[N+]=[N-])C=C1)C(C)c1ccccc1. The first-order chi connectivity index (χ1) is 9.26. The summed E-state index contributed by atoms with van der Waals surface area (Å²) in [6.45, 7) is 5.34. The van der Waals surface area contributed by atoms with E-state index in [2.05, 4.69) is 60.0 Å². The Hall–Kier alpha value is -1.96. The molecule has 0 bridgehead atoms. The van der Waals surface area contributed by atoms with Crippen LogP contribution in [-0.2, 0) is 0 Å². The van der Waals surface area contributed by atoms with Crippen LogP contribution in [0.2, 0.25) is 0 Å². The number of rotatable bonds is 4. The lowest BCUT2D eigenvalue weighted by Gasteiger charge is -2.33. The molecule has 1 unspecified atom stereocenters. The first-order valence-electron chi connectivity index (χ1n) is 6.65.